The van der Waals surface area contributed by atoms with E-state index in [1.807, 2.05) is 22.9 Å². The Bertz CT molecular complexity index is 612. The zero-order valence-corrected chi connectivity index (χ0v) is 13.8. The highest BCUT2D eigenvalue weighted by molar-refractivity contribution is 5.15. The standard InChI is InChI=1S/C17H25N5O/c1-13(2)10-21-15(12-23)8-9-16(21)17-18-19-20-22(17)11-14-6-4-3-5-7-14/h3-7,13,15-16,23H,8-12H2,1-2H3/t15-,16-/m0/s1. The van der Waals surface area contributed by atoms with Crippen molar-refractivity contribution in [1.29, 1.82) is 0 Å². The summed E-state index contributed by atoms with van der Waals surface area (Å²) in [5, 5.41) is 22.1. The van der Waals surface area contributed by atoms with Gasteiger partial charge in [-0.1, -0.05) is 44.2 Å². The molecule has 23 heavy (non-hydrogen) atoms. The monoisotopic (exact) mass is 315 g/mol. The Hall–Kier alpha value is -1.79. The molecule has 2 atom stereocenters. The quantitative estimate of drug-likeness (QED) is 0.881. The van der Waals surface area contributed by atoms with Gasteiger partial charge in [0.1, 0.15) is 0 Å². The zero-order valence-electron chi connectivity index (χ0n) is 13.8. The van der Waals surface area contributed by atoms with Gasteiger partial charge in [0.05, 0.1) is 19.2 Å². The lowest BCUT2D eigenvalue weighted by Crippen LogP contribution is -2.37. The predicted octanol–water partition coefficient (Wildman–Crippen LogP) is 1.88. The molecular weight excluding hydrogens is 290 g/mol. The first-order valence-electron chi connectivity index (χ1n) is 8.35. The van der Waals surface area contributed by atoms with Crippen LogP contribution >= 0.6 is 0 Å². The van der Waals surface area contributed by atoms with Crippen LogP contribution in [-0.2, 0) is 6.54 Å². The van der Waals surface area contributed by atoms with Gasteiger partial charge in [0.25, 0.3) is 0 Å². The third kappa shape index (κ3) is 3.59. The summed E-state index contributed by atoms with van der Waals surface area (Å²) in [5.41, 5.74) is 1.19. The molecule has 6 nitrogen and oxygen atoms in total. The number of nitrogens with zero attached hydrogens (tertiary/aromatic N) is 5. The molecule has 0 amide bonds. The number of benzene rings is 1. The summed E-state index contributed by atoms with van der Waals surface area (Å²) in [5.74, 6) is 1.45. The lowest BCUT2D eigenvalue weighted by molar-refractivity contribution is 0.111. The Morgan fingerprint density at radius 3 is 2.70 bits per heavy atom. The molecule has 1 aromatic heterocycles. The largest absolute Gasteiger partial charge is 0.395 e. The van der Waals surface area contributed by atoms with Gasteiger partial charge in [-0.15, -0.1) is 5.10 Å². The van der Waals surface area contributed by atoms with Gasteiger partial charge in [-0.25, -0.2) is 4.68 Å². The molecule has 0 unspecified atom stereocenters. The summed E-state index contributed by atoms with van der Waals surface area (Å²) >= 11 is 0. The molecular formula is C17H25N5O. The van der Waals surface area contributed by atoms with Gasteiger partial charge in [-0.05, 0) is 34.7 Å². The van der Waals surface area contributed by atoms with Crippen molar-refractivity contribution < 1.29 is 5.11 Å². The maximum absolute atomic E-state index is 9.67. The number of hydrogen-bond acceptors (Lipinski definition) is 5. The van der Waals surface area contributed by atoms with E-state index < -0.39 is 0 Å². The molecule has 1 aliphatic heterocycles. The maximum Gasteiger partial charge on any atom is 0.168 e. The van der Waals surface area contributed by atoms with Crippen molar-refractivity contribution in [3.8, 4) is 0 Å². The third-order valence-corrected chi connectivity index (χ3v) is 4.46. The number of aliphatic hydroxyl groups is 1. The second-order valence-electron chi connectivity index (χ2n) is 6.70. The van der Waals surface area contributed by atoms with Gasteiger partial charge >= 0.3 is 0 Å². The highest BCUT2D eigenvalue weighted by Crippen LogP contribution is 2.35. The first-order chi connectivity index (χ1) is 11.2. The van der Waals surface area contributed by atoms with Gasteiger partial charge in [0.15, 0.2) is 5.82 Å². The Morgan fingerprint density at radius 1 is 1.22 bits per heavy atom. The molecule has 0 aliphatic carbocycles. The molecule has 1 fully saturated rings. The van der Waals surface area contributed by atoms with Gasteiger partial charge < -0.3 is 5.11 Å². The summed E-state index contributed by atoms with van der Waals surface area (Å²) in [6, 6.07) is 10.6. The minimum atomic E-state index is 0.188. The van der Waals surface area contributed by atoms with Crippen molar-refractivity contribution in [3.63, 3.8) is 0 Å². The SMILES string of the molecule is CC(C)CN1[C@H](CO)CC[C@H]1c1nnnn1Cc1ccccc1. The van der Waals surface area contributed by atoms with Crippen LogP contribution < -0.4 is 0 Å². The minimum absolute atomic E-state index is 0.188. The van der Waals surface area contributed by atoms with E-state index in [9.17, 15) is 5.11 Å². The van der Waals surface area contributed by atoms with E-state index in [4.69, 9.17) is 0 Å². The van der Waals surface area contributed by atoms with Crippen LogP contribution in [0.15, 0.2) is 30.3 Å². The molecule has 1 N–H and O–H groups in total. The van der Waals surface area contributed by atoms with Gasteiger partial charge in [-0.2, -0.15) is 0 Å². The third-order valence-electron chi connectivity index (χ3n) is 4.46. The molecule has 0 spiro atoms. The summed E-state index contributed by atoms with van der Waals surface area (Å²) in [6.45, 7) is 6.24. The second kappa shape index (κ2) is 7.19. The molecule has 1 saturated heterocycles. The van der Waals surface area contributed by atoms with Crippen LogP contribution in [0.1, 0.15) is 44.1 Å². The number of likely N-dealkylation sites (tertiary alicyclic amines) is 1. The number of rotatable bonds is 6. The fourth-order valence-corrected chi connectivity index (χ4v) is 3.43. The summed E-state index contributed by atoms with van der Waals surface area (Å²) in [7, 11) is 0. The number of tetrazole rings is 1. The molecule has 0 radical (unpaired) electrons. The highest BCUT2D eigenvalue weighted by atomic mass is 16.3. The predicted molar refractivity (Wildman–Crippen MR) is 87.8 cm³/mol. The smallest absolute Gasteiger partial charge is 0.168 e. The lowest BCUT2D eigenvalue weighted by Gasteiger charge is -2.30. The van der Waals surface area contributed by atoms with E-state index in [2.05, 4.69) is 46.4 Å². The van der Waals surface area contributed by atoms with E-state index in [-0.39, 0.29) is 18.7 Å². The van der Waals surface area contributed by atoms with Crippen molar-refractivity contribution >= 4 is 0 Å². The van der Waals surface area contributed by atoms with Crippen LogP contribution in [0.4, 0.5) is 0 Å². The maximum atomic E-state index is 9.67. The van der Waals surface area contributed by atoms with Crippen LogP contribution in [0.25, 0.3) is 0 Å². The van der Waals surface area contributed by atoms with Crippen molar-refractivity contribution in [2.24, 2.45) is 5.92 Å². The van der Waals surface area contributed by atoms with Crippen LogP contribution in [0.5, 0.6) is 0 Å². The lowest BCUT2D eigenvalue weighted by atomic mass is 10.1. The Balaban J connectivity index is 1.82. The van der Waals surface area contributed by atoms with Crippen molar-refractivity contribution in [3.05, 3.63) is 41.7 Å². The molecule has 3 rings (SSSR count). The van der Waals surface area contributed by atoms with Crippen LogP contribution in [0.2, 0.25) is 0 Å². The molecule has 124 valence electrons. The average molecular weight is 315 g/mol. The summed E-state index contributed by atoms with van der Waals surface area (Å²) in [6.07, 6.45) is 1.99. The number of hydrogen-bond donors (Lipinski definition) is 1. The fraction of sp³-hybridized carbons (Fsp3) is 0.588. The Labute approximate surface area is 137 Å². The van der Waals surface area contributed by atoms with E-state index >= 15 is 0 Å². The fourth-order valence-electron chi connectivity index (χ4n) is 3.43. The molecule has 2 aromatic rings. The molecule has 1 aromatic carbocycles. The molecule has 0 bridgehead atoms. The average Bonchev–Trinajstić information content (AvgIpc) is 3.14. The first kappa shape index (κ1) is 16.1. The normalized spacial score (nSPS) is 22.1. The van der Waals surface area contributed by atoms with E-state index in [0.717, 1.165) is 25.2 Å². The van der Waals surface area contributed by atoms with Crippen molar-refractivity contribution in [1.82, 2.24) is 25.1 Å². The topological polar surface area (TPSA) is 67.1 Å². The molecule has 2 heterocycles. The van der Waals surface area contributed by atoms with Crippen molar-refractivity contribution in [2.45, 2.75) is 45.3 Å². The van der Waals surface area contributed by atoms with Gasteiger partial charge in [0, 0.05) is 12.6 Å². The van der Waals surface area contributed by atoms with E-state index in [1.165, 1.54) is 5.56 Å². The summed E-state index contributed by atoms with van der Waals surface area (Å²) < 4.78 is 1.90. The van der Waals surface area contributed by atoms with Crippen LogP contribution in [-0.4, -0.2) is 49.4 Å². The second-order valence-corrected chi connectivity index (χ2v) is 6.70. The van der Waals surface area contributed by atoms with E-state index in [1.54, 1.807) is 0 Å². The zero-order chi connectivity index (χ0) is 16.2. The first-order valence-corrected chi connectivity index (χ1v) is 8.35. The van der Waals surface area contributed by atoms with E-state index in [0.29, 0.717) is 12.5 Å². The van der Waals surface area contributed by atoms with Gasteiger partial charge in [-0.3, -0.25) is 4.90 Å². The molecule has 0 saturated carbocycles. The Morgan fingerprint density at radius 2 is 2.00 bits per heavy atom. The molecule has 1 aliphatic rings. The minimum Gasteiger partial charge on any atom is -0.395 e. The molecule has 6 heteroatoms. The van der Waals surface area contributed by atoms with Gasteiger partial charge in [0.2, 0.25) is 0 Å². The van der Waals surface area contributed by atoms with Crippen LogP contribution in [0, 0.1) is 5.92 Å². The van der Waals surface area contributed by atoms with Crippen LogP contribution in [0.3, 0.4) is 0 Å². The number of aromatic nitrogens is 4. The van der Waals surface area contributed by atoms with Crippen molar-refractivity contribution in [2.75, 3.05) is 13.2 Å². The summed E-state index contributed by atoms with van der Waals surface area (Å²) in [4.78, 5) is 2.37. The number of aliphatic hydroxyl groups excluding tert-OH is 1. The highest BCUT2D eigenvalue weighted by Gasteiger charge is 2.37. The Kier molecular flexibility index (Phi) is 5.03.